The molecule has 0 aliphatic rings. The van der Waals surface area contributed by atoms with Crippen molar-refractivity contribution in [1.82, 2.24) is 4.98 Å². The first-order valence-corrected chi connectivity index (χ1v) is 5.80. The smallest absolute Gasteiger partial charge is 0.162 e. The molecule has 0 spiro atoms. The number of thiazole rings is 1. The molecule has 4 heteroatoms. The Morgan fingerprint density at radius 1 is 1.53 bits per heavy atom. The first kappa shape index (κ1) is 10.4. The van der Waals surface area contributed by atoms with Gasteiger partial charge in [-0.15, -0.1) is 11.3 Å². The minimum Gasteiger partial charge on any atom is -0.462 e. The van der Waals surface area contributed by atoms with E-state index in [-0.39, 0.29) is 6.61 Å². The van der Waals surface area contributed by atoms with Crippen LogP contribution in [0.15, 0.2) is 22.8 Å². The number of hydrogen-bond acceptors (Lipinski definition) is 4. The Balaban J connectivity index is 2.34. The second kappa shape index (κ2) is 4.59. The number of aliphatic hydroxyl groups excluding tert-OH is 1. The summed E-state index contributed by atoms with van der Waals surface area (Å²) < 4.78 is 5.28. The largest absolute Gasteiger partial charge is 0.462 e. The number of rotatable bonds is 4. The van der Waals surface area contributed by atoms with Crippen LogP contribution in [-0.4, -0.2) is 10.1 Å². The SMILES string of the molecule is CCCc1nc(-c2ccco2)sc1CO. The monoisotopic (exact) mass is 223 g/mol. The topological polar surface area (TPSA) is 46.3 Å². The highest BCUT2D eigenvalue weighted by molar-refractivity contribution is 7.15. The number of hydrogen-bond donors (Lipinski definition) is 1. The molecule has 2 heterocycles. The zero-order valence-corrected chi connectivity index (χ0v) is 9.38. The highest BCUT2D eigenvalue weighted by atomic mass is 32.1. The van der Waals surface area contributed by atoms with Gasteiger partial charge in [-0.2, -0.15) is 0 Å². The van der Waals surface area contributed by atoms with Crippen molar-refractivity contribution in [3.63, 3.8) is 0 Å². The van der Waals surface area contributed by atoms with Crippen LogP contribution in [-0.2, 0) is 13.0 Å². The van der Waals surface area contributed by atoms with Crippen molar-refractivity contribution in [3.05, 3.63) is 29.0 Å². The van der Waals surface area contributed by atoms with Gasteiger partial charge in [0, 0.05) is 0 Å². The van der Waals surface area contributed by atoms with Gasteiger partial charge in [0.1, 0.15) is 0 Å². The lowest BCUT2D eigenvalue weighted by atomic mass is 10.2. The molecule has 1 N–H and O–H groups in total. The molecule has 2 aromatic rings. The van der Waals surface area contributed by atoms with Crippen molar-refractivity contribution in [1.29, 1.82) is 0 Å². The van der Waals surface area contributed by atoms with Crippen molar-refractivity contribution in [3.8, 4) is 10.8 Å². The van der Waals surface area contributed by atoms with E-state index in [1.54, 1.807) is 6.26 Å². The van der Waals surface area contributed by atoms with E-state index < -0.39 is 0 Å². The lowest BCUT2D eigenvalue weighted by Crippen LogP contribution is -1.89. The first-order chi connectivity index (χ1) is 7.35. The molecule has 0 saturated heterocycles. The van der Waals surface area contributed by atoms with Gasteiger partial charge in [-0.05, 0) is 18.6 Å². The van der Waals surface area contributed by atoms with Crippen LogP contribution >= 0.6 is 11.3 Å². The van der Waals surface area contributed by atoms with Gasteiger partial charge in [0.05, 0.1) is 23.4 Å². The van der Waals surface area contributed by atoms with Gasteiger partial charge in [-0.3, -0.25) is 0 Å². The molecule has 0 aliphatic heterocycles. The Kier molecular flexibility index (Phi) is 3.18. The Labute approximate surface area is 92.4 Å². The van der Waals surface area contributed by atoms with E-state index in [1.165, 1.54) is 11.3 Å². The number of furan rings is 1. The fourth-order valence-electron chi connectivity index (χ4n) is 1.44. The van der Waals surface area contributed by atoms with E-state index >= 15 is 0 Å². The van der Waals surface area contributed by atoms with Gasteiger partial charge in [0.25, 0.3) is 0 Å². The molecule has 0 fully saturated rings. The predicted octanol–water partition coefficient (Wildman–Crippen LogP) is 2.85. The van der Waals surface area contributed by atoms with E-state index in [0.29, 0.717) is 0 Å². The maximum Gasteiger partial charge on any atom is 0.162 e. The lowest BCUT2D eigenvalue weighted by Gasteiger charge is -1.93. The average Bonchev–Trinajstić information content (AvgIpc) is 2.84. The molecular weight excluding hydrogens is 210 g/mol. The second-order valence-corrected chi connectivity index (χ2v) is 4.36. The van der Waals surface area contributed by atoms with Crippen LogP contribution in [0.1, 0.15) is 23.9 Å². The molecule has 2 rings (SSSR count). The summed E-state index contributed by atoms with van der Waals surface area (Å²) >= 11 is 1.50. The maximum absolute atomic E-state index is 9.20. The summed E-state index contributed by atoms with van der Waals surface area (Å²) in [7, 11) is 0. The number of aromatic nitrogens is 1. The molecular formula is C11H13NO2S. The van der Waals surface area contributed by atoms with Gasteiger partial charge in [0.15, 0.2) is 10.8 Å². The van der Waals surface area contributed by atoms with E-state index in [1.807, 2.05) is 12.1 Å². The Morgan fingerprint density at radius 3 is 3.00 bits per heavy atom. The molecule has 0 aliphatic carbocycles. The van der Waals surface area contributed by atoms with E-state index in [9.17, 15) is 5.11 Å². The van der Waals surface area contributed by atoms with Gasteiger partial charge in [0.2, 0.25) is 0 Å². The normalized spacial score (nSPS) is 10.8. The van der Waals surface area contributed by atoms with Crippen LogP contribution in [0.25, 0.3) is 10.8 Å². The standard InChI is InChI=1S/C11H13NO2S/c1-2-4-8-10(7-13)15-11(12-8)9-5-3-6-14-9/h3,5-6,13H,2,4,7H2,1H3. The van der Waals surface area contributed by atoms with Crippen molar-refractivity contribution in [2.75, 3.05) is 0 Å². The van der Waals surface area contributed by atoms with Gasteiger partial charge < -0.3 is 9.52 Å². The van der Waals surface area contributed by atoms with E-state index in [2.05, 4.69) is 11.9 Å². The Bertz CT molecular complexity index is 420. The molecule has 0 radical (unpaired) electrons. The fraction of sp³-hybridized carbons (Fsp3) is 0.364. The molecule has 0 saturated carbocycles. The maximum atomic E-state index is 9.20. The summed E-state index contributed by atoms with van der Waals surface area (Å²) in [5.74, 6) is 0.775. The highest BCUT2D eigenvalue weighted by Gasteiger charge is 2.12. The Morgan fingerprint density at radius 2 is 2.40 bits per heavy atom. The zero-order chi connectivity index (χ0) is 10.7. The molecule has 0 unspecified atom stereocenters. The number of aliphatic hydroxyl groups is 1. The molecule has 3 nitrogen and oxygen atoms in total. The van der Waals surface area contributed by atoms with Crippen LogP contribution in [0.2, 0.25) is 0 Å². The van der Waals surface area contributed by atoms with Crippen molar-refractivity contribution in [2.45, 2.75) is 26.4 Å². The molecule has 15 heavy (non-hydrogen) atoms. The summed E-state index contributed by atoms with van der Waals surface area (Å²) in [6, 6.07) is 3.73. The van der Waals surface area contributed by atoms with Crippen LogP contribution in [0.3, 0.4) is 0 Å². The predicted molar refractivity (Wildman–Crippen MR) is 59.7 cm³/mol. The Hall–Kier alpha value is -1.13. The summed E-state index contributed by atoms with van der Waals surface area (Å²) in [6.45, 7) is 2.17. The summed E-state index contributed by atoms with van der Waals surface area (Å²) in [5.41, 5.74) is 0.997. The molecule has 2 aromatic heterocycles. The fourth-order valence-corrected chi connectivity index (χ4v) is 2.38. The van der Waals surface area contributed by atoms with Crippen LogP contribution < -0.4 is 0 Å². The third-order valence-corrected chi connectivity index (χ3v) is 3.24. The van der Waals surface area contributed by atoms with Crippen molar-refractivity contribution >= 4 is 11.3 Å². The summed E-state index contributed by atoms with van der Waals surface area (Å²) in [5, 5.41) is 10.0. The molecule has 0 amide bonds. The summed E-state index contributed by atoms with van der Waals surface area (Å²) in [6.07, 6.45) is 3.58. The minimum absolute atomic E-state index is 0.0632. The van der Waals surface area contributed by atoms with Crippen molar-refractivity contribution in [2.24, 2.45) is 0 Å². The molecule has 0 atom stereocenters. The minimum atomic E-state index is 0.0632. The van der Waals surface area contributed by atoms with Crippen molar-refractivity contribution < 1.29 is 9.52 Å². The first-order valence-electron chi connectivity index (χ1n) is 4.98. The van der Waals surface area contributed by atoms with Crippen LogP contribution in [0, 0.1) is 0 Å². The molecule has 0 aromatic carbocycles. The molecule has 80 valence electrons. The van der Waals surface area contributed by atoms with Crippen LogP contribution in [0.5, 0.6) is 0 Å². The van der Waals surface area contributed by atoms with Crippen LogP contribution in [0.4, 0.5) is 0 Å². The second-order valence-electron chi connectivity index (χ2n) is 3.27. The third-order valence-electron chi connectivity index (χ3n) is 2.14. The molecule has 0 bridgehead atoms. The third kappa shape index (κ3) is 2.11. The highest BCUT2D eigenvalue weighted by Crippen LogP contribution is 2.29. The average molecular weight is 223 g/mol. The van der Waals surface area contributed by atoms with E-state index in [0.717, 1.165) is 34.2 Å². The van der Waals surface area contributed by atoms with E-state index in [4.69, 9.17) is 4.42 Å². The number of aryl methyl sites for hydroxylation is 1. The lowest BCUT2D eigenvalue weighted by molar-refractivity contribution is 0.284. The zero-order valence-electron chi connectivity index (χ0n) is 8.56. The number of nitrogens with zero attached hydrogens (tertiary/aromatic N) is 1. The quantitative estimate of drug-likeness (QED) is 0.867. The summed E-state index contributed by atoms with van der Waals surface area (Å²) in [4.78, 5) is 5.43. The van der Waals surface area contributed by atoms with Gasteiger partial charge in [-0.25, -0.2) is 4.98 Å². The van der Waals surface area contributed by atoms with Gasteiger partial charge in [-0.1, -0.05) is 13.3 Å². The van der Waals surface area contributed by atoms with Gasteiger partial charge >= 0.3 is 0 Å².